The van der Waals surface area contributed by atoms with E-state index in [2.05, 4.69) is 4.98 Å². The van der Waals surface area contributed by atoms with Gasteiger partial charge < -0.3 is 5.11 Å². The van der Waals surface area contributed by atoms with Crippen molar-refractivity contribution in [2.45, 2.75) is 6.18 Å². The van der Waals surface area contributed by atoms with Crippen LogP contribution >= 0.6 is 0 Å². The Morgan fingerprint density at radius 1 is 0.880 bits per heavy atom. The van der Waals surface area contributed by atoms with E-state index >= 15 is 0 Å². The molecular formula is C18H8F3NO3. The highest BCUT2D eigenvalue weighted by molar-refractivity contribution is 5.90. The number of hydrogen-bond donors (Lipinski definition) is 1. The molecule has 0 unspecified atom stereocenters. The van der Waals surface area contributed by atoms with Crippen LogP contribution in [0.3, 0.4) is 0 Å². The van der Waals surface area contributed by atoms with Gasteiger partial charge in [-0.1, -0.05) is 36.4 Å². The van der Waals surface area contributed by atoms with Gasteiger partial charge in [0.2, 0.25) is 5.76 Å². The van der Waals surface area contributed by atoms with E-state index in [0.29, 0.717) is 0 Å². The van der Waals surface area contributed by atoms with E-state index in [1.54, 1.807) is 12.1 Å². The largest absolute Gasteiger partial charge is 0.504 e. The zero-order chi connectivity index (χ0) is 17.9. The molecule has 2 aliphatic rings. The first-order valence-corrected chi connectivity index (χ1v) is 7.22. The molecule has 0 fully saturated rings. The predicted octanol–water partition coefficient (Wildman–Crippen LogP) is 2.22. The van der Waals surface area contributed by atoms with Gasteiger partial charge in [0.15, 0.2) is 5.43 Å². The molecule has 0 saturated carbocycles. The molecule has 0 radical (unpaired) electrons. The summed E-state index contributed by atoms with van der Waals surface area (Å²) in [5.41, 5.74) is -1.45. The third-order valence-corrected chi connectivity index (χ3v) is 4.17. The van der Waals surface area contributed by atoms with Crippen LogP contribution in [0.4, 0.5) is 13.2 Å². The molecule has 7 heteroatoms. The molecule has 2 aromatic carbocycles. The SMILES string of the molecule is O=c1nc2cccc3c2=c(c1=C(O)C(F)(F)F)c1ccccc1c3=O. The second kappa shape index (κ2) is 4.89. The van der Waals surface area contributed by atoms with E-state index in [-0.39, 0.29) is 37.5 Å². The number of rotatable bonds is 0. The number of fused-ring (bicyclic) bond motifs is 2. The molecular weight excluding hydrogens is 335 g/mol. The first-order chi connectivity index (χ1) is 11.8. The van der Waals surface area contributed by atoms with Crippen LogP contribution in [-0.4, -0.2) is 16.3 Å². The van der Waals surface area contributed by atoms with Crippen LogP contribution < -0.4 is 16.2 Å². The maximum absolute atomic E-state index is 13.1. The lowest BCUT2D eigenvalue weighted by Gasteiger charge is -2.08. The van der Waals surface area contributed by atoms with Crippen LogP contribution in [0, 0.1) is 10.4 Å². The highest BCUT2D eigenvalue weighted by Gasteiger charge is 2.36. The Morgan fingerprint density at radius 2 is 1.52 bits per heavy atom. The van der Waals surface area contributed by atoms with Gasteiger partial charge in [-0.05, 0) is 11.5 Å². The van der Waals surface area contributed by atoms with Crippen molar-refractivity contribution in [2.24, 2.45) is 0 Å². The fraction of sp³-hybridized carbons (Fsp3) is 0.0556. The number of nitrogens with zero attached hydrogens (tertiary/aromatic N) is 1. The third-order valence-electron chi connectivity index (χ3n) is 4.17. The zero-order valence-electron chi connectivity index (χ0n) is 12.4. The fourth-order valence-corrected chi connectivity index (χ4v) is 3.16. The molecule has 0 saturated heterocycles. The molecule has 0 amide bonds. The van der Waals surface area contributed by atoms with Crippen LogP contribution in [0.1, 0.15) is 0 Å². The summed E-state index contributed by atoms with van der Waals surface area (Å²) in [4.78, 5) is 28.5. The smallest absolute Gasteiger partial charge is 0.449 e. The molecule has 4 rings (SSSR count). The van der Waals surface area contributed by atoms with Crippen LogP contribution in [0.2, 0.25) is 0 Å². The minimum absolute atomic E-state index is 0.110. The van der Waals surface area contributed by atoms with Gasteiger partial charge in [-0.15, -0.1) is 0 Å². The van der Waals surface area contributed by atoms with Gasteiger partial charge in [-0.3, -0.25) is 9.59 Å². The van der Waals surface area contributed by atoms with Crippen LogP contribution in [0.5, 0.6) is 0 Å². The number of aromatic nitrogens is 1. The molecule has 1 heterocycles. The Kier molecular flexibility index (Phi) is 3.00. The van der Waals surface area contributed by atoms with E-state index < -0.39 is 22.7 Å². The second-order valence-corrected chi connectivity index (χ2v) is 5.59. The maximum atomic E-state index is 13.1. The summed E-state index contributed by atoms with van der Waals surface area (Å²) in [5.74, 6) is -2.01. The van der Waals surface area contributed by atoms with Crippen molar-refractivity contribution in [3.8, 4) is 0 Å². The Bertz CT molecular complexity index is 1380. The van der Waals surface area contributed by atoms with Crippen molar-refractivity contribution in [1.82, 2.24) is 4.98 Å². The van der Waals surface area contributed by atoms with Crippen molar-refractivity contribution < 1.29 is 18.3 Å². The van der Waals surface area contributed by atoms with E-state index in [0.717, 1.165) is 0 Å². The third kappa shape index (κ3) is 2.05. The van der Waals surface area contributed by atoms with Gasteiger partial charge >= 0.3 is 6.18 Å². The number of benzene rings is 2. The lowest BCUT2D eigenvalue weighted by Crippen LogP contribution is -2.36. The quantitative estimate of drug-likeness (QED) is 0.532. The molecule has 1 aliphatic carbocycles. The molecule has 0 bridgehead atoms. The molecule has 124 valence electrons. The number of alkyl halides is 3. The van der Waals surface area contributed by atoms with E-state index in [1.165, 1.54) is 30.3 Å². The van der Waals surface area contributed by atoms with Crippen LogP contribution in [0.15, 0.2) is 52.1 Å². The number of hydrogen-bond acceptors (Lipinski definition) is 4. The molecule has 0 atom stereocenters. The van der Waals surface area contributed by atoms with Crippen molar-refractivity contribution in [1.29, 1.82) is 0 Å². The van der Waals surface area contributed by atoms with Crippen LogP contribution in [-0.2, 0) is 0 Å². The summed E-state index contributed by atoms with van der Waals surface area (Å²) in [5, 5.41) is 9.25. The number of aliphatic hydroxyl groups is 1. The van der Waals surface area contributed by atoms with Gasteiger partial charge in [0.25, 0.3) is 5.56 Å². The number of aliphatic hydroxyl groups excluding tert-OH is 1. The fourth-order valence-electron chi connectivity index (χ4n) is 3.16. The highest BCUT2D eigenvalue weighted by atomic mass is 19.4. The van der Waals surface area contributed by atoms with Gasteiger partial charge in [-0.25, -0.2) is 4.98 Å². The van der Waals surface area contributed by atoms with Crippen molar-refractivity contribution in [2.75, 3.05) is 0 Å². The normalized spacial score (nSPS) is 13.7. The number of halogens is 3. The molecule has 1 N–H and O–H groups in total. The standard InChI is InChI=1S/C18H8F3NO3/c19-18(20,21)16(24)14-13-8-4-1-2-5-9(8)15(23)10-6-3-7-11(12(10)13)22-17(14)25/h1-7,24H. The van der Waals surface area contributed by atoms with Crippen molar-refractivity contribution in [3.05, 3.63) is 78.7 Å². The van der Waals surface area contributed by atoms with Gasteiger partial charge in [0.05, 0.1) is 10.7 Å². The minimum atomic E-state index is -5.11. The van der Waals surface area contributed by atoms with Gasteiger partial charge in [0.1, 0.15) is 0 Å². The second-order valence-electron chi connectivity index (χ2n) is 5.59. The molecule has 0 spiro atoms. The minimum Gasteiger partial charge on any atom is -0.504 e. The van der Waals surface area contributed by atoms with Crippen molar-refractivity contribution >= 4 is 27.4 Å². The predicted molar refractivity (Wildman–Crippen MR) is 85.6 cm³/mol. The average molecular weight is 343 g/mol. The Morgan fingerprint density at radius 3 is 2.20 bits per heavy atom. The van der Waals surface area contributed by atoms with E-state index in [9.17, 15) is 27.9 Å². The monoisotopic (exact) mass is 343 g/mol. The van der Waals surface area contributed by atoms with Gasteiger partial charge in [-0.2, -0.15) is 13.2 Å². The summed E-state index contributed by atoms with van der Waals surface area (Å²) in [6.07, 6.45) is -5.11. The first-order valence-electron chi connectivity index (χ1n) is 7.22. The van der Waals surface area contributed by atoms with E-state index in [4.69, 9.17) is 0 Å². The van der Waals surface area contributed by atoms with E-state index in [1.807, 2.05) is 0 Å². The van der Waals surface area contributed by atoms with Crippen molar-refractivity contribution in [3.63, 3.8) is 0 Å². The summed E-state index contributed by atoms with van der Waals surface area (Å²) in [7, 11) is 0. The molecule has 4 nitrogen and oxygen atoms in total. The molecule has 25 heavy (non-hydrogen) atoms. The highest BCUT2D eigenvalue weighted by Crippen LogP contribution is 2.24. The lowest BCUT2D eigenvalue weighted by molar-refractivity contribution is -0.0897. The lowest BCUT2D eigenvalue weighted by atomic mass is 9.98. The summed E-state index contributed by atoms with van der Waals surface area (Å²) in [6.45, 7) is 0. The summed E-state index contributed by atoms with van der Waals surface area (Å²) < 4.78 is 39.2. The Balaban J connectivity index is 2.61. The van der Waals surface area contributed by atoms with Crippen LogP contribution in [0.25, 0.3) is 27.4 Å². The Labute approximate surface area is 136 Å². The molecule has 2 aromatic rings. The first kappa shape index (κ1) is 15.3. The topological polar surface area (TPSA) is 67.3 Å². The van der Waals surface area contributed by atoms with Gasteiger partial charge in [0, 0.05) is 21.2 Å². The zero-order valence-corrected chi connectivity index (χ0v) is 12.4. The maximum Gasteiger partial charge on any atom is 0.449 e. The molecule has 1 aliphatic heterocycles. The Hall–Kier alpha value is -3.22. The molecule has 0 aromatic heterocycles. The summed E-state index contributed by atoms with van der Waals surface area (Å²) in [6, 6.07) is 10.5. The summed E-state index contributed by atoms with van der Waals surface area (Å²) >= 11 is 0. The average Bonchev–Trinajstić information content (AvgIpc) is 2.57.